The van der Waals surface area contributed by atoms with Crippen molar-refractivity contribution in [2.24, 2.45) is 0 Å². The minimum absolute atomic E-state index is 0.166. The van der Waals surface area contributed by atoms with Crippen LogP contribution in [0.5, 0.6) is 0 Å². The first kappa shape index (κ1) is 17.7. The summed E-state index contributed by atoms with van der Waals surface area (Å²) in [5.74, 6) is 1.92. The SMILES string of the molecule is Cc1cc(C)c(-n2nc3[n+](c2C(=O)CCc2ccccc2)CCC3)c(C)c1. The zero-order chi connectivity index (χ0) is 19.0. The molecule has 0 amide bonds. The number of rotatable bonds is 5. The number of fused-ring (bicyclic) bond motifs is 1. The third-order valence-electron chi connectivity index (χ3n) is 5.35. The van der Waals surface area contributed by atoms with Gasteiger partial charge in [-0.15, -0.1) is 0 Å². The van der Waals surface area contributed by atoms with Crippen molar-refractivity contribution < 1.29 is 9.36 Å². The Morgan fingerprint density at radius 1 is 1.11 bits per heavy atom. The van der Waals surface area contributed by atoms with Crippen LogP contribution in [0.2, 0.25) is 0 Å². The maximum Gasteiger partial charge on any atom is 0.309 e. The van der Waals surface area contributed by atoms with E-state index < -0.39 is 0 Å². The fraction of sp³-hybridized carbons (Fsp3) is 0.348. The second kappa shape index (κ2) is 7.10. The highest BCUT2D eigenvalue weighted by molar-refractivity contribution is 5.92. The number of nitrogens with zero attached hydrogens (tertiary/aromatic N) is 3. The van der Waals surface area contributed by atoms with Crippen LogP contribution in [0.3, 0.4) is 0 Å². The Kier molecular flexibility index (Phi) is 4.65. The summed E-state index contributed by atoms with van der Waals surface area (Å²) in [6.07, 6.45) is 3.26. The predicted octanol–water partition coefficient (Wildman–Crippen LogP) is 3.85. The molecule has 1 aliphatic heterocycles. The first-order chi connectivity index (χ1) is 13.0. The fourth-order valence-corrected chi connectivity index (χ4v) is 4.21. The van der Waals surface area contributed by atoms with E-state index in [-0.39, 0.29) is 5.78 Å². The van der Waals surface area contributed by atoms with Gasteiger partial charge in [0, 0.05) is 17.9 Å². The lowest BCUT2D eigenvalue weighted by Gasteiger charge is -2.09. The largest absolute Gasteiger partial charge is 0.309 e. The Morgan fingerprint density at radius 2 is 1.81 bits per heavy atom. The number of hydrogen-bond donors (Lipinski definition) is 0. The van der Waals surface area contributed by atoms with Crippen molar-refractivity contribution >= 4 is 5.78 Å². The van der Waals surface area contributed by atoms with Gasteiger partial charge in [-0.3, -0.25) is 4.79 Å². The number of hydrogen-bond acceptors (Lipinski definition) is 2. The fourth-order valence-electron chi connectivity index (χ4n) is 4.21. The van der Waals surface area contributed by atoms with Crippen molar-refractivity contribution in [3.63, 3.8) is 0 Å². The minimum atomic E-state index is 0.166. The summed E-state index contributed by atoms with van der Waals surface area (Å²) in [5.41, 5.74) is 5.79. The molecule has 4 heteroatoms. The standard InChI is InChI=1S/C23H26N3O/c1-16-14-17(2)22(18(3)15-16)26-23(25-13-7-10-21(25)24-26)20(27)12-11-19-8-5-4-6-9-19/h4-6,8-9,14-15H,7,10-13H2,1-3H3/q+1. The first-order valence-corrected chi connectivity index (χ1v) is 9.71. The molecule has 1 aromatic heterocycles. The van der Waals surface area contributed by atoms with Crippen LogP contribution in [0.25, 0.3) is 5.69 Å². The van der Waals surface area contributed by atoms with Crippen molar-refractivity contribution in [3.8, 4) is 5.69 Å². The van der Waals surface area contributed by atoms with E-state index in [1.807, 2.05) is 22.9 Å². The second-order valence-corrected chi connectivity index (χ2v) is 7.56. The summed E-state index contributed by atoms with van der Waals surface area (Å²) >= 11 is 0. The van der Waals surface area contributed by atoms with Gasteiger partial charge < -0.3 is 0 Å². The lowest BCUT2D eigenvalue weighted by atomic mass is 10.0. The van der Waals surface area contributed by atoms with Crippen molar-refractivity contribution in [1.82, 2.24) is 9.78 Å². The molecule has 0 saturated carbocycles. The molecule has 0 bridgehead atoms. The van der Waals surface area contributed by atoms with Gasteiger partial charge in [-0.1, -0.05) is 52.7 Å². The Morgan fingerprint density at radius 3 is 2.52 bits per heavy atom. The molecule has 2 heterocycles. The predicted molar refractivity (Wildman–Crippen MR) is 105 cm³/mol. The molecule has 0 atom stereocenters. The summed E-state index contributed by atoms with van der Waals surface area (Å²) in [7, 11) is 0. The van der Waals surface area contributed by atoms with Crippen molar-refractivity contribution in [1.29, 1.82) is 0 Å². The van der Waals surface area contributed by atoms with Gasteiger partial charge in [0.2, 0.25) is 5.78 Å². The molecular weight excluding hydrogens is 334 g/mol. The van der Waals surface area contributed by atoms with Gasteiger partial charge in [0.05, 0.1) is 6.54 Å². The highest BCUT2D eigenvalue weighted by atomic mass is 16.1. The van der Waals surface area contributed by atoms with Crippen LogP contribution in [0.1, 0.15) is 51.5 Å². The average molecular weight is 360 g/mol. The van der Waals surface area contributed by atoms with Crippen LogP contribution in [0, 0.1) is 20.8 Å². The number of aryl methyl sites for hydroxylation is 5. The maximum atomic E-state index is 13.2. The molecule has 2 aromatic carbocycles. The molecule has 0 saturated heterocycles. The van der Waals surface area contributed by atoms with Gasteiger partial charge in [0.1, 0.15) is 5.69 Å². The smallest absolute Gasteiger partial charge is 0.287 e. The third kappa shape index (κ3) is 3.32. The summed E-state index contributed by atoms with van der Waals surface area (Å²) in [6.45, 7) is 7.19. The van der Waals surface area contributed by atoms with E-state index in [1.165, 1.54) is 11.1 Å². The number of carbonyl (C=O) groups excluding carboxylic acids is 1. The van der Waals surface area contributed by atoms with Crippen LogP contribution >= 0.6 is 0 Å². The molecule has 0 unspecified atom stereocenters. The molecule has 4 nitrogen and oxygen atoms in total. The molecule has 138 valence electrons. The molecule has 0 spiro atoms. The van der Waals surface area contributed by atoms with Gasteiger partial charge in [0.25, 0.3) is 5.82 Å². The van der Waals surface area contributed by atoms with E-state index >= 15 is 0 Å². The van der Waals surface area contributed by atoms with E-state index in [9.17, 15) is 4.79 Å². The van der Waals surface area contributed by atoms with Crippen LogP contribution in [0.15, 0.2) is 42.5 Å². The quantitative estimate of drug-likeness (QED) is 0.512. The normalized spacial score (nSPS) is 13.0. The van der Waals surface area contributed by atoms with Crippen molar-refractivity contribution in [3.05, 3.63) is 76.4 Å². The summed E-state index contributed by atoms with van der Waals surface area (Å²) in [6, 6.07) is 14.5. The number of aromatic nitrogens is 3. The van der Waals surface area contributed by atoms with Gasteiger partial charge in [-0.2, -0.15) is 0 Å². The van der Waals surface area contributed by atoms with Crippen LogP contribution in [-0.4, -0.2) is 15.6 Å². The zero-order valence-corrected chi connectivity index (χ0v) is 16.3. The molecule has 0 radical (unpaired) electrons. The Hall–Kier alpha value is -2.75. The maximum absolute atomic E-state index is 13.2. The van der Waals surface area contributed by atoms with Gasteiger partial charge in [-0.05, 0) is 50.3 Å². The Balaban J connectivity index is 1.73. The Labute approximate surface area is 160 Å². The monoisotopic (exact) mass is 360 g/mol. The summed E-state index contributed by atoms with van der Waals surface area (Å²) in [4.78, 5) is 13.2. The third-order valence-corrected chi connectivity index (χ3v) is 5.35. The highest BCUT2D eigenvalue weighted by Gasteiger charge is 2.35. The lowest BCUT2D eigenvalue weighted by Crippen LogP contribution is -2.39. The average Bonchev–Trinajstić information content (AvgIpc) is 3.21. The van der Waals surface area contributed by atoms with Crippen LogP contribution < -0.4 is 4.57 Å². The highest BCUT2D eigenvalue weighted by Crippen LogP contribution is 2.23. The van der Waals surface area contributed by atoms with Gasteiger partial charge in [0.15, 0.2) is 0 Å². The van der Waals surface area contributed by atoms with E-state index in [0.29, 0.717) is 6.42 Å². The number of Topliss-reactive ketones (excluding diaryl/α,β-unsaturated/α-hetero) is 1. The molecule has 4 rings (SSSR count). The van der Waals surface area contributed by atoms with Crippen LogP contribution in [-0.2, 0) is 19.4 Å². The molecule has 0 fully saturated rings. The number of benzene rings is 2. The van der Waals surface area contributed by atoms with E-state index in [2.05, 4.69) is 49.6 Å². The number of carbonyl (C=O) groups is 1. The molecule has 0 N–H and O–H groups in total. The molecule has 3 aromatic rings. The summed E-state index contributed by atoms with van der Waals surface area (Å²) in [5, 5.41) is 4.85. The van der Waals surface area contributed by atoms with E-state index in [1.54, 1.807) is 0 Å². The van der Waals surface area contributed by atoms with Crippen molar-refractivity contribution in [2.75, 3.05) is 0 Å². The number of ketones is 1. The Bertz CT molecular complexity index is 979. The zero-order valence-electron chi connectivity index (χ0n) is 16.3. The molecule has 1 aliphatic rings. The van der Waals surface area contributed by atoms with E-state index in [4.69, 9.17) is 5.10 Å². The first-order valence-electron chi connectivity index (χ1n) is 9.71. The molecule has 0 aliphatic carbocycles. The van der Waals surface area contributed by atoms with E-state index in [0.717, 1.165) is 54.3 Å². The molecule has 27 heavy (non-hydrogen) atoms. The van der Waals surface area contributed by atoms with Crippen molar-refractivity contribution in [2.45, 2.75) is 53.0 Å². The van der Waals surface area contributed by atoms with Crippen LogP contribution in [0.4, 0.5) is 0 Å². The molecular formula is C23H26N3O+. The summed E-state index contributed by atoms with van der Waals surface area (Å²) < 4.78 is 4.04. The minimum Gasteiger partial charge on any atom is -0.287 e. The second-order valence-electron chi connectivity index (χ2n) is 7.56. The van der Waals surface area contributed by atoms with Gasteiger partial charge >= 0.3 is 5.82 Å². The van der Waals surface area contributed by atoms with Gasteiger partial charge in [-0.25, -0.2) is 4.57 Å². The lowest BCUT2D eigenvalue weighted by molar-refractivity contribution is -0.693. The topological polar surface area (TPSA) is 38.8 Å².